The molecule has 3 amide bonds. The van der Waals surface area contributed by atoms with Crippen molar-refractivity contribution in [2.75, 3.05) is 6.54 Å². The smallest absolute Gasteiger partial charge is 0.326 e. The Kier molecular flexibility index (Phi) is 11.9. The molecule has 0 fully saturated rings. The largest absolute Gasteiger partial charge is 0.480 e. The van der Waals surface area contributed by atoms with Crippen molar-refractivity contribution in [3.63, 3.8) is 0 Å². The van der Waals surface area contributed by atoms with Gasteiger partial charge in [-0.2, -0.15) is 0 Å². The minimum Gasteiger partial charge on any atom is -0.480 e. The second kappa shape index (κ2) is 16.0. The molecule has 0 bridgehead atoms. The molecule has 0 aliphatic heterocycles. The molecular formula is C34H32Cl2N4O7. The molecule has 3 N–H and O–H groups in total. The van der Waals surface area contributed by atoms with Crippen molar-refractivity contribution in [2.45, 2.75) is 38.9 Å². The fraction of sp³-hybridized carbons (Fsp3) is 0.235. The average Bonchev–Trinajstić information content (AvgIpc) is 3.53. The van der Waals surface area contributed by atoms with E-state index >= 15 is 0 Å². The lowest BCUT2D eigenvalue weighted by Gasteiger charge is -2.30. The molecule has 0 saturated carbocycles. The lowest BCUT2D eigenvalue weighted by molar-refractivity contribution is -0.143. The van der Waals surface area contributed by atoms with Crippen LogP contribution >= 0.6 is 23.2 Å². The van der Waals surface area contributed by atoms with E-state index < -0.39 is 60.4 Å². The van der Waals surface area contributed by atoms with Crippen molar-refractivity contribution in [1.29, 1.82) is 0 Å². The van der Waals surface area contributed by atoms with Gasteiger partial charge in [0.1, 0.15) is 24.0 Å². The number of oxazole rings is 1. The fourth-order valence-electron chi connectivity index (χ4n) is 4.69. The first-order chi connectivity index (χ1) is 22.4. The number of hydrogen-bond donors (Lipinski definition) is 3. The summed E-state index contributed by atoms with van der Waals surface area (Å²) in [5.41, 5.74) is 1.58. The highest BCUT2D eigenvalue weighted by molar-refractivity contribution is 6.39. The number of halogens is 2. The van der Waals surface area contributed by atoms with Gasteiger partial charge in [0.15, 0.2) is 0 Å². The van der Waals surface area contributed by atoms with Gasteiger partial charge in [0.25, 0.3) is 11.8 Å². The third-order valence-electron chi connectivity index (χ3n) is 7.10. The molecule has 47 heavy (non-hydrogen) atoms. The van der Waals surface area contributed by atoms with Gasteiger partial charge < -0.3 is 25.1 Å². The van der Waals surface area contributed by atoms with Crippen molar-refractivity contribution in [3.05, 3.63) is 112 Å². The summed E-state index contributed by atoms with van der Waals surface area (Å²) in [4.78, 5) is 70.5. The van der Waals surface area contributed by atoms with Crippen LogP contribution in [0.3, 0.4) is 0 Å². The quantitative estimate of drug-likeness (QED) is 0.152. The van der Waals surface area contributed by atoms with Gasteiger partial charge in [0, 0.05) is 24.1 Å². The molecule has 2 atom stereocenters. The maximum atomic E-state index is 13.9. The Morgan fingerprint density at radius 2 is 1.49 bits per heavy atom. The predicted molar refractivity (Wildman–Crippen MR) is 175 cm³/mol. The normalized spacial score (nSPS) is 12.2. The number of ketones is 1. The first-order valence-corrected chi connectivity index (χ1v) is 15.3. The van der Waals surface area contributed by atoms with Crippen LogP contribution in [0.4, 0.5) is 0 Å². The van der Waals surface area contributed by atoms with Crippen LogP contribution in [0.1, 0.15) is 46.9 Å². The molecule has 4 rings (SSSR count). The molecule has 0 unspecified atom stereocenters. The highest BCUT2D eigenvalue weighted by Gasteiger charge is 2.32. The maximum Gasteiger partial charge on any atom is 0.326 e. The van der Waals surface area contributed by atoms with E-state index in [-0.39, 0.29) is 28.2 Å². The molecule has 0 aliphatic carbocycles. The zero-order valence-electron chi connectivity index (χ0n) is 25.5. The number of amides is 3. The van der Waals surface area contributed by atoms with Crippen molar-refractivity contribution in [2.24, 2.45) is 5.92 Å². The van der Waals surface area contributed by atoms with Crippen LogP contribution in [0.25, 0.3) is 11.3 Å². The molecular weight excluding hydrogens is 647 g/mol. The fourth-order valence-corrected chi connectivity index (χ4v) is 5.28. The van der Waals surface area contributed by atoms with Crippen LogP contribution in [-0.4, -0.2) is 63.1 Å². The molecule has 1 aromatic heterocycles. The molecule has 0 radical (unpaired) electrons. The monoisotopic (exact) mass is 678 g/mol. The van der Waals surface area contributed by atoms with E-state index in [4.69, 9.17) is 27.6 Å². The lowest BCUT2D eigenvalue weighted by atomic mass is 10.0. The van der Waals surface area contributed by atoms with Gasteiger partial charge >= 0.3 is 5.97 Å². The molecule has 0 spiro atoms. The van der Waals surface area contributed by atoms with Gasteiger partial charge in [-0.3, -0.25) is 19.2 Å². The third-order valence-corrected chi connectivity index (χ3v) is 7.73. The van der Waals surface area contributed by atoms with Gasteiger partial charge in [-0.05, 0) is 35.7 Å². The second-order valence-corrected chi connectivity index (χ2v) is 11.8. The van der Waals surface area contributed by atoms with Crippen LogP contribution in [0.5, 0.6) is 0 Å². The molecule has 1 heterocycles. The summed E-state index contributed by atoms with van der Waals surface area (Å²) in [7, 11) is 0. The first kappa shape index (κ1) is 34.9. The van der Waals surface area contributed by atoms with Gasteiger partial charge in [0.2, 0.25) is 17.6 Å². The number of aromatic nitrogens is 1. The Bertz CT molecular complexity index is 1730. The Morgan fingerprint density at radius 3 is 2.09 bits per heavy atom. The molecule has 244 valence electrons. The Hall–Kier alpha value is -5.00. The van der Waals surface area contributed by atoms with Crippen molar-refractivity contribution in [3.8, 4) is 11.3 Å². The van der Waals surface area contributed by atoms with E-state index in [0.29, 0.717) is 16.7 Å². The number of carboxylic acids is 1. The first-order valence-electron chi connectivity index (χ1n) is 14.6. The zero-order chi connectivity index (χ0) is 34.1. The summed E-state index contributed by atoms with van der Waals surface area (Å²) in [5.74, 6) is -4.87. The maximum absolute atomic E-state index is 13.9. The molecule has 3 aromatic carbocycles. The number of carbonyl (C=O) groups is 5. The van der Waals surface area contributed by atoms with Crippen molar-refractivity contribution >= 4 is 52.7 Å². The number of hydrogen-bond acceptors (Lipinski definition) is 7. The van der Waals surface area contributed by atoms with Gasteiger partial charge in [-0.15, -0.1) is 0 Å². The SMILES string of the molecule is CC(C)[C@H](NC(=O)c1ccccc1)C(=O)N(CC(=O)N[C@@H](CC(=O)c1nc(-c2c(Cl)cccc2Cl)co1)C(=O)O)Cc1ccccc1. The standard InChI is InChI=1S/C34H32Cl2N4O7/c1-20(2)30(39-31(43)22-12-7-4-8-13-22)33(44)40(17-21-10-5-3-6-11-21)18-28(42)37-25(34(45)46)16-27(41)32-38-26(19-47-32)29-23(35)14-9-15-24(29)36/h3-15,19-20,25,30H,16-18H2,1-2H3,(H,37,42)(H,39,43)(H,45,46)/t25-,30-/m0/s1. The number of nitrogens with one attached hydrogen (secondary N) is 2. The van der Waals surface area contributed by atoms with E-state index in [1.54, 1.807) is 92.7 Å². The lowest BCUT2D eigenvalue weighted by Crippen LogP contribution is -2.54. The van der Waals surface area contributed by atoms with E-state index in [9.17, 15) is 29.1 Å². The predicted octanol–water partition coefficient (Wildman–Crippen LogP) is 5.27. The van der Waals surface area contributed by atoms with Crippen molar-refractivity contribution in [1.82, 2.24) is 20.5 Å². The number of carbonyl (C=O) groups excluding carboxylic acids is 4. The zero-order valence-corrected chi connectivity index (χ0v) is 27.0. The van der Waals surface area contributed by atoms with E-state index in [1.165, 1.54) is 11.2 Å². The number of carboxylic acid groups (broad SMARTS) is 1. The van der Waals surface area contributed by atoms with Gasteiger partial charge in [-0.25, -0.2) is 9.78 Å². The second-order valence-electron chi connectivity index (χ2n) is 11.0. The van der Waals surface area contributed by atoms with E-state index in [1.807, 2.05) is 0 Å². The van der Waals surface area contributed by atoms with Gasteiger partial charge in [-0.1, -0.05) is 91.6 Å². The van der Waals surface area contributed by atoms with E-state index in [0.717, 1.165) is 0 Å². The van der Waals surface area contributed by atoms with Crippen LogP contribution in [0, 0.1) is 5.92 Å². The number of aliphatic carboxylic acids is 1. The molecule has 0 aliphatic rings. The molecule has 11 nitrogen and oxygen atoms in total. The average molecular weight is 680 g/mol. The number of Topliss-reactive ketones (excluding diaryl/α,β-unsaturated/α-hetero) is 1. The van der Waals surface area contributed by atoms with Crippen LogP contribution < -0.4 is 10.6 Å². The van der Waals surface area contributed by atoms with Crippen molar-refractivity contribution < 1.29 is 33.5 Å². The minimum absolute atomic E-state index is 0.00210. The molecule has 13 heteroatoms. The molecule has 0 saturated heterocycles. The Labute approximate surface area is 280 Å². The summed E-state index contributed by atoms with van der Waals surface area (Å²) < 4.78 is 5.28. The topological polar surface area (TPSA) is 159 Å². The summed E-state index contributed by atoms with van der Waals surface area (Å²) in [6, 6.07) is 19.4. The van der Waals surface area contributed by atoms with Gasteiger partial charge in [0.05, 0.1) is 16.6 Å². The number of nitrogens with zero attached hydrogens (tertiary/aromatic N) is 2. The number of benzene rings is 3. The third kappa shape index (κ3) is 9.27. The van der Waals surface area contributed by atoms with Crippen LogP contribution in [0.2, 0.25) is 10.0 Å². The summed E-state index contributed by atoms with van der Waals surface area (Å²) in [6.45, 7) is 2.96. The highest BCUT2D eigenvalue weighted by Crippen LogP contribution is 2.34. The molecule has 4 aromatic rings. The van der Waals surface area contributed by atoms with E-state index in [2.05, 4.69) is 15.6 Å². The van der Waals surface area contributed by atoms with Crippen LogP contribution in [-0.2, 0) is 20.9 Å². The Morgan fingerprint density at radius 1 is 0.872 bits per heavy atom. The Balaban J connectivity index is 1.49. The minimum atomic E-state index is -1.67. The summed E-state index contributed by atoms with van der Waals surface area (Å²) in [5, 5.41) is 15.5. The summed E-state index contributed by atoms with van der Waals surface area (Å²) >= 11 is 12.4. The summed E-state index contributed by atoms with van der Waals surface area (Å²) in [6.07, 6.45) is 0.481. The highest BCUT2D eigenvalue weighted by atomic mass is 35.5. The van der Waals surface area contributed by atoms with Crippen LogP contribution in [0.15, 0.2) is 89.5 Å². The number of rotatable bonds is 14.